The highest BCUT2D eigenvalue weighted by molar-refractivity contribution is 6.25. The summed E-state index contributed by atoms with van der Waals surface area (Å²) in [5, 5.41) is 9.87. The average molecular weight is 231 g/mol. The molecule has 0 radical (unpaired) electrons. The molecule has 0 amide bonds. The van der Waals surface area contributed by atoms with Crippen molar-refractivity contribution in [1.29, 1.82) is 0 Å². The SMILES string of the molecule is CC1(O)C(=O)C=C2C=C3CCCN3C=C2C1=O. The molecule has 4 heteroatoms. The van der Waals surface area contributed by atoms with Gasteiger partial charge in [0, 0.05) is 24.0 Å². The highest BCUT2D eigenvalue weighted by Crippen LogP contribution is 2.35. The van der Waals surface area contributed by atoms with E-state index in [1.165, 1.54) is 13.0 Å². The first-order valence-electron chi connectivity index (χ1n) is 5.73. The summed E-state index contributed by atoms with van der Waals surface area (Å²) >= 11 is 0. The van der Waals surface area contributed by atoms with Crippen molar-refractivity contribution in [3.05, 3.63) is 35.2 Å². The van der Waals surface area contributed by atoms with Crippen LogP contribution in [-0.2, 0) is 9.59 Å². The van der Waals surface area contributed by atoms with Crippen LogP contribution in [0, 0.1) is 0 Å². The number of fused-ring (bicyclic) bond motifs is 2. The normalized spacial score (nSPS) is 31.6. The van der Waals surface area contributed by atoms with Crippen molar-refractivity contribution in [3.63, 3.8) is 0 Å². The fourth-order valence-electron chi connectivity index (χ4n) is 2.47. The molecule has 0 spiro atoms. The summed E-state index contributed by atoms with van der Waals surface area (Å²) < 4.78 is 0. The molecule has 2 aliphatic heterocycles. The molecule has 2 heterocycles. The molecule has 1 unspecified atom stereocenters. The Morgan fingerprint density at radius 2 is 2.12 bits per heavy atom. The number of carbonyl (C=O) groups excluding carboxylic acids is 2. The number of allylic oxidation sites excluding steroid dienone is 3. The van der Waals surface area contributed by atoms with Crippen LogP contribution in [-0.4, -0.2) is 33.7 Å². The fraction of sp³-hybridized carbons (Fsp3) is 0.385. The number of ketones is 2. The van der Waals surface area contributed by atoms with Crippen molar-refractivity contribution in [3.8, 4) is 0 Å². The van der Waals surface area contributed by atoms with Crippen LogP contribution < -0.4 is 0 Å². The third-order valence-electron chi connectivity index (χ3n) is 3.57. The third-order valence-corrected chi connectivity index (χ3v) is 3.57. The van der Waals surface area contributed by atoms with Crippen LogP contribution in [0.25, 0.3) is 0 Å². The van der Waals surface area contributed by atoms with Crippen molar-refractivity contribution in [2.75, 3.05) is 6.54 Å². The Morgan fingerprint density at radius 3 is 2.88 bits per heavy atom. The number of nitrogens with zero attached hydrogens (tertiary/aromatic N) is 1. The molecule has 1 aliphatic carbocycles. The van der Waals surface area contributed by atoms with Gasteiger partial charge in [0.2, 0.25) is 5.78 Å². The maximum absolute atomic E-state index is 12.0. The van der Waals surface area contributed by atoms with Gasteiger partial charge in [-0.15, -0.1) is 0 Å². The van der Waals surface area contributed by atoms with Gasteiger partial charge in [-0.3, -0.25) is 9.59 Å². The number of rotatable bonds is 0. The van der Waals surface area contributed by atoms with E-state index in [4.69, 9.17) is 0 Å². The zero-order valence-corrected chi connectivity index (χ0v) is 9.56. The molecule has 4 nitrogen and oxygen atoms in total. The number of aliphatic hydroxyl groups is 1. The molecule has 3 aliphatic rings. The van der Waals surface area contributed by atoms with E-state index in [9.17, 15) is 14.7 Å². The van der Waals surface area contributed by atoms with Crippen molar-refractivity contribution in [2.24, 2.45) is 0 Å². The monoisotopic (exact) mass is 231 g/mol. The third kappa shape index (κ3) is 1.34. The molecular weight excluding hydrogens is 218 g/mol. The van der Waals surface area contributed by atoms with Gasteiger partial charge in [0.1, 0.15) is 0 Å². The van der Waals surface area contributed by atoms with E-state index >= 15 is 0 Å². The van der Waals surface area contributed by atoms with Crippen LogP contribution in [0.5, 0.6) is 0 Å². The molecule has 0 bridgehead atoms. The predicted octanol–water partition coefficient (Wildman–Crippen LogP) is 0.693. The average Bonchev–Trinajstić information content (AvgIpc) is 2.72. The van der Waals surface area contributed by atoms with Gasteiger partial charge in [0.25, 0.3) is 0 Å². The van der Waals surface area contributed by atoms with E-state index < -0.39 is 17.2 Å². The Hall–Kier alpha value is -1.68. The first kappa shape index (κ1) is 10.5. The first-order chi connectivity index (χ1) is 8.00. The Kier molecular flexibility index (Phi) is 1.95. The lowest BCUT2D eigenvalue weighted by molar-refractivity contribution is -0.144. The molecule has 1 N–H and O–H groups in total. The van der Waals surface area contributed by atoms with E-state index in [0.717, 1.165) is 25.1 Å². The second-order valence-corrected chi connectivity index (χ2v) is 4.84. The van der Waals surface area contributed by atoms with Gasteiger partial charge in [0.15, 0.2) is 11.4 Å². The second kappa shape index (κ2) is 3.17. The summed E-state index contributed by atoms with van der Waals surface area (Å²) in [7, 11) is 0. The van der Waals surface area contributed by atoms with Gasteiger partial charge in [-0.1, -0.05) is 0 Å². The minimum Gasteiger partial charge on any atom is -0.374 e. The molecular formula is C13H13NO3. The van der Waals surface area contributed by atoms with Crippen molar-refractivity contribution in [1.82, 2.24) is 4.90 Å². The number of Topliss-reactive ketones (excluding diaryl/α,β-unsaturated/α-hetero) is 1. The van der Waals surface area contributed by atoms with Gasteiger partial charge >= 0.3 is 0 Å². The largest absolute Gasteiger partial charge is 0.374 e. The molecule has 3 rings (SSSR count). The maximum atomic E-state index is 12.0. The topological polar surface area (TPSA) is 57.6 Å². The summed E-state index contributed by atoms with van der Waals surface area (Å²) in [6, 6.07) is 0. The summed E-state index contributed by atoms with van der Waals surface area (Å²) in [5.74, 6) is -1.03. The lowest BCUT2D eigenvalue weighted by Crippen LogP contribution is -2.47. The molecule has 17 heavy (non-hydrogen) atoms. The molecule has 0 aromatic carbocycles. The summed E-state index contributed by atoms with van der Waals surface area (Å²) in [6.07, 6.45) is 7.04. The lowest BCUT2D eigenvalue weighted by Gasteiger charge is -2.30. The number of hydrogen-bond donors (Lipinski definition) is 1. The summed E-state index contributed by atoms with van der Waals surface area (Å²) in [4.78, 5) is 25.7. The molecule has 88 valence electrons. The molecule has 0 saturated carbocycles. The maximum Gasteiger partial charge on any atom is 0.204 e. The minimum atomic E-state index is -1.90. The van der Waals surface area contributed by atoms with Crippen LogP contribution in [0.15, 0.2) is 35.2 Å². The zero-order valence-electron chi connectivity index (χ0n) is 9.56. The quantitative estimate of drug-likeness (QED) is 0.623. The first-order valence-corrected chi connectivity index (χ1v) is 5.73. The Balaban J connectivity index is 2.13. The number of hydrogen-bond acceptors (Lipinski definition) is 4. The highest BCUT2D eigenvalue weighted by atomic mass is 16.3. The van der Waals surface area contributed by atoms with Gasteiger partial charge in [-0.25, -0.2) is 0 Å². The van der Waals surface area contributed by atoms with E-state index in [1.54, 1.807) is 6.20 Å². The summed E-state index contributed by atoms with van der Waals surface area (Å²) in [5.41, 5.74) is 0.322. The van der Waals surface area contributed by atoms with Crippen molar-refractivity contribution in [2.45, 2.75) is 25.4 Å². The van der Waals surface area contributed by atoms with Gasteiger partial charge < -0.3 is 10.0 Å². The zero-order chi connectivity index (χ0) is 12.2. The molecule has 1 fully saturated rings. The predicted molar refractivity (Wildman–Crippen MR) is 60.8 cm³/mol. The Labute approximate surface area is 98.9 Å². The van der Waals surface area contributed by atoms with E-state index in [-0.39, 0.29) is 0 Å². The van der Waals surface area contributed by atoms with Crippen molar-refractivity contribution >= 4 is 11.6 Å². The molecule has 1 atom stereocenters. The van der Waals surface area contributed by atoms with E-state index in [2.05, 4.69) is 0 Å². The highest BCUT2D eigenvalue weighted by Gasteiger charge is 2.44. The van der Waals surface area contributed by atoms with Gasteiger partial charge in [-0.05, 0) is 37.5 Å². The van der Waals surface area contributed by atoms with Crippen LogP contribution in [0.4, 0.5) is 0 Å². The van der Waals surface area contributed by atoms with Gasteiger partial charge in [0.05, 0.1) is 0 Å². The lowest BCUT2D eigenvalue weighted by atomic mass is 9.80. The standard InChI is InChI=1S/C13H13NO3/c1-13(17)11(15)6-8-5-9-3-2-4-14(9)7-10(8)12(13)16/h5-7,17H,2-4H2,1H3. The van der Waals surface area contributed by atoms with Crippen LogP contribution in [0.3, 0.4) is 0 Å². The van der Waals surface area contributed by atoms with Gasteiger partial charge in [-0.2, -0.15) is 0 Å². The smallest absolute Gasteiger partial charge is 0.204 e. The fourth-order valence-corrected chi connectivity index (χ4v) is 2.47. The van der Waals surface area contributed by atoms with E-state index in [0.29, 0.717) is 11.1 Å². The molecule has 1 saturated heterocycles. The minimum absolute atomic E-state index is 0.445. The van der Waals surface area contributed by atoms with Crippen LogP contribution in [0.2, 0.25) is 0 Å². The summed E-state index contributed by atoms with van der Waals surface area (Å²) in [6.45, 7) is 2.15. The molecule has 0 aromatic heterocycles. The molecule has 0 aromatic rings. The van der Waals surface area contributed by atoms with Crippen LogP contribution in [0.1, 0.15) is 19.8 Å². The van der Waals surface area contributed by atoms with E-state index in [1.807, 2.05) is 11.0 Å². The Bertz CT molecular complexity index is 523. The second-order valence-electron chi connectivity index (χ2n) is 4.84. The van der Waals surface area contributed by atoms with Crippen LogP contribution >= 0.6 is 0 Å². The van der Waals surface area contributed by atoms with Crippen molar-refractivity contribution < 1.29 is 14.7 Å². The Morgan fingerprint density at radius 1 is 1.35 bits per heavy atom. The number of carbonyl (C=O) groups is 2.